The second-order valence-corrected chi connectivity index (χ2v) is 6.69. The van der Waals surface area contributed by atoms with Crippen LogP contribution >= 0.6 is 0 Å². The number of piperidine rings is 1. The Morgan fingerprint density at radius 2 is 1.69 bits per heavy atom. The Morgan fingerprint density at radius 1 is 1.00 bits per heavy atom. The van der Waals surface area contributed by atoms with Gasteiger partial charge in [-0.25, -0.2) is 0 Å². The van der Waals surface area contributed by atoms with E-state index in [-0.39, 0.29) is 37.2 Å². The van der Waals surface area contributed by atoms with Crippen LogP contribution < -0.4 is 0 Å². The van der Waals surface area contributed by atoms with Gasteiger partial charge in [-0.15, -0.1) is 0 Å². The number of ether oxygens (including phenoxy) is 2. The van der Waals surface area contributed by atoms with E-state index in [0.717, 1.165) is 11.1 Å². The third kappa shape index (κ3) is 2.93. The lowest BCUT2D eigenvalue weighted by molar-refractivity contribution is -0.184. The Balaban J connectivity index is 1.57. The molecule has 2 atom stereocenters. The van der Waals surface area contributed by atoms with Crippen molar-refractivity contribution in [3.05, 3.63) is 71.8 Å². The SMILES string of the molecule is O=C1CCC(=O)[C@]2(COCc3ccccc3)OC[C@@H](c3ccccc3)N12. The molecule has 0 unspecified atom stereocenters. The molecule has 5 nitrogen and oxygen atoms in total. The minimum atomic E-state index is -1.30. The summed E-state index contributed by atoms with van der Waals surface area (Å²) in [6.45, 7) is 0.725. The van der Waals surface area contributed by atoms with Crippen molar-refractivity contribution in [3.8, 4) is 0 Å². The van der Waals surface area contributed by atoms with E-state index < -0.39 is 5.72 Å². The van der Waals surface area contributed by atoms with Crippen LogP contribution in [0, 0.1) is 0 Å². The fourth-order valence-corrected chi connectivity index (χ4v) is 3.73. The molecule has 0 saturated carbocycles. The number of ketones is 1. The molecule has 2 aliphatic heterocycles. The Morgan fingerprint density at radius 3 is 2.42 bits per heavy atom. The number of carbonyl (C=O) groups is 2. The summed E-state index contributed by atoms with van der Waals surface area (Å²) < 4.78 is 11.8. The highest BCUT2D eigenvalue weighted by molar-refractivity contribution is 5.98. The van der Waals surface area contributed by atoms with Gasteiger partial charge in [0, 0.05) is 12.8 Å². The smallest absolute Gasteiger partial charge is 0.227 e. The summed E-state index contributed by atoms with van der Waals surface area (Å²) in [6, 6.07) is 19.2. The summed E-state index contributed by atoms with van der Waals surface area (Å²) in [4.78, 5) is 27.1. The van der Waals surface area contributed by atoms with Crippen LogP contribution in [0.15, 0.2) is 60.7 Å². The van der Waals surface area contributed by atoms with E-state index in [1.807, 2.05) is 60.7 Å². The van der Waals surface area contributed by atoms with Gasteiger partial charge in [-0.3, -0.25) is 14.5 Å². The Hall–Kier alpha value is -2.50. The monoisotopic (exact) mass is 351 g/mol. The van der Waals surface area contributed by atoms with Crippen molar-refractivity contribution in [2.75, 3.05) is 13.2 Å². The van der Waals surface area contributed by atoms with Crippen molar-refractivity contribution >= 4 is 11.7 Å². The van der Waals surface area contributed by atoms with Crippen LogP contribution in [0.1, 0.15) is 30.0 Å². The maximum Gasteiger partial charge on any atom is 0.227 e. The van der Waals surface area contributed by atoms with Crippen LogP contribution in [0.2, 0.25) is 0 Å². The summed E-state index contributed by atoms with van der Waals surface area (Å²) in [7, 11) is 0. The van der Waals surface area contributed by atoms with E-state index in [0.29, 0.717) is 13.2 Å². The second-order valence-electron chi connectivity index (χ2n) is 6.69. The van der Waals surface area contributed by atoms with Crippen LogP contribution in [0.3, 0.4) is 0 Å². The van der Waals surface area contributed by atoms with E-state index >= 15 is 0 Å². The molecule has 1 amide bonds. The number of nitrogens with zero attached hydrogens (tertiary/aromatic N) is 1. The van der Waals surface area contributed by atoms with Crippen molar-refractivity contribution in [1.29, 1.82) is 0 Å². The highest BCUT2D eigenvalue weighted by Crippen LogP contribution is 2.42. The number of hydrogen-bond acceptors (Lipinski definition) is 4. The molecule has 0 aliphatic carbocycles. The van der Waals surface area contributed by atoms with E-state index in [1.165, 1.54) is 0 Å². The lowest BCUT2D eigenvalue weighted by atomic mass is 9.94. The van der Waals surface area contributed by atoms with Crippen molar-refractivity contribution in [2.45, 2.75) is 31.2 Å². The number of amides is 1. The Labute approximate surface area is 152 Å². The van der Waals surface area contributed by atoms with Gasteiger partial charge in [0.25, 0.3) is 0 Å². The molecule has 2 aromatic carbocycles. The quantitative estimate of drug-likeness (QED) is 0.831. The molecule has 0 N–H and O–H groups in total. The van der Waals surface area contributed by atoms with Crippen LogP contribution in [0.5, 0.6) is 0 Å². The molecule has 0 bridgehead atoms. The molecule has 5 heteroatoms. The maximum absolute atomic E-state index is 12.8. The Bertz CT molecular complexity index is 792. The van der Waals surface area contributed by atoms with Crippen molar-refractivity contribution in [2.24, 2.45) is 0 Å². The zero-order valence-electron chi connectivity index (χ0n) is 14.5. The van der Waals surface area contributed by atoms with Crippen LogP contribution in [0.4, 0.5) is 0 Å². The van der Waals surface area contributed by atoms with E-state index in [4.69, 9.17) is 9.47 Å². The first-order valence-corrected chi connectivity index (χ1v) is 8.87. The zero-order chi connectivity index (χ0) is 18.0. The Kier molecular flexibility index (Phi) is 4.57. The van der Waals surface area contributed by atoms with Crippen molar-refractivity contribution < 1.29 is 19.1 Å². The second kappa shape index (κ2) is 7.02. The minimum Gasteiger partial charge on any atom is -0.371 e. The van der Waals surface area contributed by atoms with E-state index in [9.17, 15) is 9.59 Å². The number of rotatable bonds is 5. The molecule has 2 aromatic rings. The highest BCUT2D eigenvalue weighted by Gasteiger charge is 2.57. The number of carbonyl (C=O) groups excluding carboxylic acids is 2. The molecule has 2 saturated heterocycles. The van der Waals surface area contributed by atoms with Crippen LogP contribution in [-0.4, -0.2) is 35.5 Å². The van der Waals surface area contributed by atoms with Gasteiger partial charge >= 0.3 is 0 Å². The zero-order valence-corrected chi connectivity index (χ0v) is 14.5. The van der Waals surface area contributed by atoms with E-state index in [2.05, 4.69) is 0 Å². The predicted octanol–water partition coefficient (Wildman–Crippen LogP) is 2.86. The first-order valence-electron chi connectivity index (χ1n) is 8.87. The maximum atomic E-state index is 12.8. The number of hydrogen-bond donors (Lipinski definition) is 0. The summed E-state index contributed by atoms with van der Waals surface area (Å²) in [5.41, 5.74) is 0.688. The highest BCUT2D eigenvalue weighted by atomic mass is 16.6. The third-order valence-corrected chi connectivity index (χ3v) is 5.04. The normalized spacial score (nSPS) is 25.4. The first kappa shape index (κ1) is 16.9. The van der Waals surface area contributed by atoms with Gasteiger partial charge in [-0.1, -0.05) is 60.7 Å². The molecule has 4 rings (SSSR count). The molecule has 26 heavy (non-hydrogen) atoms. The molecule has 134 valence electrons. The number of benzene rings is 2. The summed E-state index contributed by atoms with van der Waals surface area (Å²) in [6.07, 6.45) is 0.428. The van der Waals surface area contributed by atoms with Gasteiger partial charge in [0.1, 0.15) is 6.61 Å². The molecule has 2 aliphatic rings. The van der Waals surface area contributed by atoms with Crippen LogP contribution in [-0.2, 0) is 25.7 Å². The molecular weight excluding hydrogens is 330 g/mol. The summed E-state index contributed by atoms with van der Waals surface area (Å²) in [5.74, 6) is -0.136. The summed E-state index contributed by atoms with van der Waals surface area (Å²) in [5, 5.41) is 0. The van der Waals surface area contributed by atoms with Crippen molar-refractivity contribution in [1.82, 2.24) is 4.90 Å². The van der Waals surface area contributed by atoms with Gasteiger partial charge in [-0.05, 0) is 11.1 Å². The fourth-order valence-electron chi connectivity index (χ4n) is 3.73. The largest absolute Gasteiger partial charge is 0.371 e. The number of Topliss-reactive ketones (excluding diaryl/α,β-unsaturated/α-hetero) is 1. The van der Waals surface area contributed by atoms with Gasteiger partial charge in [0.2, 0.25) is 11.6 Å². The minimum absolute atomic E-state index is 0.0514. The molecule has 0 aromatic heterocycles. The predicted molar refractivity (Wildman–Crippen MR) is 95.1 cm³/mol. The first-order chi connectivity index (χ1) is 12.7. The van der Waals surface area contributed by atoms with Gasteiger partial charge in [0.05, 0.1) is 19.3 Å². The average molecular weight is 351 g/mol. The lowest BCUT2D eigenvalue weighted by Crippen LogP contribution is -2.60. The average Bonchev–Trinajstić information content (AvgIpc) is 3.08. The number of fused-ring (bicyclic) bond motifs is 1. The fraction of sp³-hybridized carbons (Fsp3) is 0.333. The molecule has 2 heterocycles. The molecule has 0 spiro atoms. The lowest BCUT2D eigenvalue weighted by Gasteiger charge is -2.40. The third-order valence-electron chi connectivity index (χ3n) is 5.04. The molecular formula is C21H21NO4. The van der Waals surface area contributed by atoms with Crippen molar-refractivity contribution in [3.63, 3.8) is 0 Å². The van der Waals surface area contributed by atoms with Crippen LogP contribution in [0.25, 0.3) is 0 Å². The summed E-state index contributed by atoms with van der Waals surface area (Å²) >= 11 is 0. The van der Waals surface area contributed by atoms with E-state index in [1.54, 1.807) is 4.90 Å². The van der Waals surface area contributed by atoms with Gasteiger partial charge in [0.15, 0.2) is 5.78 Å². The molecule has 0 radical (unpaired) electrons. The standard InChI is InChI=1S/C21H21NO4/c23-19-11-12-20(24)22-18(17-9-5-2-6-10-17)14-26-21(19,22)15-25-13-16-7-3-1-4-8-16/h1-10,18H,11-15H2/t18-,21-/m0/s1. The topological polar surface area (TPSA) is 55.8 Å². The van der Waals surface area contributed by atoms with Gasteiger partial charge in [-0.2, -0.15) is 0 Å². The molecule has 2 fully saturated rings. The van der Waals surface area contributed by atoms with Gasteiger partial charge < -0.3 is 9.47 Å².